The molecule has 0 aromatic rings. The normalized spacial score (nSPS) is 19.1. The molecule has 1 fully saturated rings. The molecule has 1 atom stereocenters. The number of nitrogens with one attached hydrogen (secondary N) is 1. The first kappa shape index (κ1) is 11.3. The number of hydrogen-bond donors (Lipinski definition) is 1. The highest BCUT2D eigenvalue weighted by molar-refractivity contribution is 5.74. The van der Waals surface area contributed by atoms with Crippen LogP contribution in [-0.4, -0.2) is 30.1 Å². The zero-order chi connectivity index (χ0) is 10.4. The maximum atomic E-state index is 11.7. The third-order valence-electron chi connectivity index (χ3n) is 2.73. The number of urea groups is 1. The van der Waals surface area contributed by atoms with Crippen LogP contribution in [0.1, 0.15) is 46.0 Å². The third kappa shape index (κ3) is 3.56. The molecule has 14 heavy (non-hydrogen) atoms. The van der Waals surface area contributed by atoms with E-state index in [1.54, 1.807) is 0 Å². The van der Waals surface area contributed by atoms with Gasteiger partial charge in [0.25, 0.3) is 0 Å². The van der Waals surface area contributed by atoms with Gasteiger partial charge in [-0.1, -0.05) is 13.3 Å². The molecule has 0 saturated carbocycles. The van der Waals surface area contributed by atoms with E-state index in [1.807, 2.05) is 4.90 Å². The van der Waals surface area contributed by atoms with E-state index in [2.05, 4.69) is 19.2 Å². The highest BCUT2D eigenvalue weighted by atomic mass is 16.2. The zero-order valence-corrected chi connectivity index (χ0v) is 9.38. The van der Waals surface area contributed by atoms with Crippen molar-refractivity contribution in [2.24, 2.45) is 0 Å². The van der Waals surface area contributed by atoms with E-state index in [9.17, 15) is 4.79 Å². The Balaban J connectivity index is 2.25. The average molecular weight is 198 g/mol. The van der Waals surface area contributed by atoms with Crippen molar-refractivity contribution < 1.29 is 4.79 Å². The number of likely N-dealkylation sites (tertiary alicyclic amines) is 1. The van der Waals surface area contributed by atoms with Crippen LogP contribution in [0, 0.1) is 0 Å². The fraction of sp³-hybridized carbons (Fsp3) is 0.909. The molecule has 82 valence electrons. The molecule has 1 aliphatic heterocycles. The number of rotatable bonds is 3. The SMILES string of the molecule is CCCC(C)NC(=O)N1CCCCC1. The van der Waals surface area contributed by atoms with Crippen LogP contribution >= 0.6 is 0 Å². The second-order valence-electron chi connectivity index (χ2n) is 4.19. The molecule has 0 radical (unpaired) electrons. The highest BCUT2D eigenvalue weighted by Gasteiger charge is 2.17. The molecule has 0 aromatic heterocycles. The van der Waals surface area contributed by atoms with Crippen molar-refractivity contribution in [3.05, 3.63) is 0 Å². The molecule has 1 heterocycles. The second kappa shape index (κ2) is 5.89. The Morgan fingerprint density at radius 2 is 2.00 bits per heavy atom. The van der Waals surface area contributed by atoms with E-state index >= 15 is 0 Å². The van der Waals surface area contributed by atoms with E-state index in [1.165, 1.54) is 6.42 Å². The topological polar surface area (TPSA) is 32.3 Å². The second-order valence-corrected chi connectivity index (χ2v) is 4.19. The first-order chi connectivity index (χ1) is 6.74. The first-order valence-electron chi connectivity index (χ1n) is 5.79. The van der Waals surface area contributed by atoms with E-state index < -0.39 is 0 Å². The molecule has 1 N–H and O–H groups in total. The van der Waals surface area contributed by atoms with Crippen LogP contribution in [0.2, 0.25) is 0 Å². The molecule has 1 unspecified atom stereocenters. The summed E-state index contributed by atoms with van der Waals surface area (Å²) in [5.74, 6) is 0. The summed E-state index contributed by atoms with van der Waals surface area (Å²) in [6.07, 6.45) is 5.79. The standard InChI is InChI=1S/C11H22N2O/c1-3-7-10(2)12-11(14)13-8-5-4-6-9-13/h10H,3-9H2,1-2H3,(H,12,14). The van der Waals surface area contributed by atoms with Gasteiger partial charge >= 0.3 is 6.03 Å². The number of carbonyl (C=O) groups is 1. The van der Waals surface area contributed by atoms with E-state index in [4.69, 9.17) is 0 Å². The van der Waals surface area contributed by atoms with Crippen LogP contribution in [0.5, 0.6) is 0 Å². The van der Waals surface area contributed by atoms with Gasteiger partial charge in [-0.25, -0.2) is 4.79 Å². The van der Waals surface area contributed by atoms with Gasteiger partial charge in [0.05, 0.1) is 0 Å². The summed E-state index contributed by atoms with van der Waals surface area (Å²) < 4.78 is 0. The zero-order valence-electron chi connectivity index (χ0n) is 9.38. The smallest absolute Gasteiger partial charge is 0.317 e. The number of hydrogen-bond acceptors (Lipinski definition) is 1. The third-order valence-corrected chi connectivity index (χ3v) is 2.73. The van der Waals surface area contributed by atoms with Crippen LogP contribution in [0.25, 0.3) is 0 Å². The summed E-state index contributed by atoms with van der Waals surface area (Å²) in [7, 11) is 0. The van der Waals surface area contributed by atoms with Crippen molar-refractivity contribution in [3.63, 3.8) is 0 Å². The van der Waals surface area contributed by atoms with Gasteiger partial charge in [-0.3, -0.25) is 0 Å². The molecule has 0 aliphatic carbocycles. The Labute approximate surface area is 86.9 Å². The maximum Gasteiger partial charge on any atom is 0.317 e. The molecule has 3 nitrogen and oxygen atoms in total. The van der Waals surface area contributed by atoms with Gasteiger partial charge in [0.15, 0.2) is 0 Å². The largest absolute Gasteiger partial charge is 0.336 e. The average Bonchev–Trinajstić information content (AvgIpc) is 2.19. The molecular formula is C11H22N2O. The van der Waals surface area contributed by atoms with Gasteiger partial charge in [-0.2, -0.15) is 0 Å². The minimum Gasteiger partial charge on any atom is -0.336 e. The molecule has 0 aromatic carbocycles. The Hall–Kier alpha value is -0.730. The summed E-state index contributed by atoms with van der Waals surface area (Å²) in [6.45, 7) is 6.09. The minimum atomic E-state index is 0.130. The Kier molecular flexibility index (Phi) is 4.77. The van der Waals surface area contributed by atoms with Gasteiger partial charge in [-0.05, 0) is 32.6 Å². The molecule has 1 rings (SSSR count). The monoisotopic (exact) mass is 198 g/mol. The van der Waals surface area contributed by atoms with Crippen molar-refractivity contribution in [1.29, 1.82) is 0 Å². The van der Waals surface area contributed by atoms with Crippen molar-refractivity contribution in [2.75, 3.05) is 13.1 Å². The van der Waals surface area contributed by atoms with Crippen molar-refractivity contribution in [3.8, 4) is 0 Å². The summed E-state index contributed by atoms with van der Waals surface area (Å²) >= 11 is 0. The van der Waals surface area contributed by atoms with Crippen molar-refractivity contribution >= 4 is 6.03 Å². The van der Waals surface area contributed by atoms with Gasteiger partial charge < -0.3 is 10.2 Å². The molecular weight excluding hydrogens is 176 g/mol. The molecule has 3 heteroatoms. The fourth-order valence-corrected chi connectivity index (χ4v) is 1.90. The Morgan fingerprint density at radius 3 is 2.57 bits per heavy atom. The van der Waals surface area contributed by atoms with Crippen LogP contribution in [0.15, 0.2) is 0 Å². The molecule has 0 spiro atoms. The van der Waals surface area contributed by atoms with Gasteiger partial charge in [-0.15, -0.1) is 0 Å². The number of amides is 2. The van der Waals surface area contributed by atoms with Gasteiger partial charge in [0.2, 0.25) is 0 Å². The predicted molar refractivity (Wildman–Crippen MR) is 58.3 cm³/mol. The number of nitrogens with zero attached hydrogens (tertiary/aromatic N) is 1. The van der Waals surface area contributed by atoms with Crippen LogP contribution < -0.4 is 5.32 Å². The van der Waals surface area contributed by atoms with Gasteiger partial charge in [0.1, 0.15) is 0 Å². The Bertz CT molecular complexity index is 176. The highest BCUT2D eigenvalue weighted by Crippen LogP contribution is 2.08. The molecule has 2 amide bonds. The summed E-state index contributed by atoms with van der Waals surface area (Å²) in [5, 5.41) is 3.04. The lowest BCUT2D eigenvalue weighted by atomic mass is 10.1. The quantitative estimate of drug-likeness (QED) is 0.742. The Morgan fingerprint density at radius 1 is 1.36 bits per heavy atom. The number of carbonyl (C=O) groups excluding carboxylic acids is 1. The van der Waals surface area contributed by atoms with Crippen LogP contribution in [0.4, 0.5) is 4.79 Å². The lowest BCUT2D eigenvalue weighted by molar-refractivity contribution is 0.182. The van der Waals surface area contributed by atoms with Crippen molar-refractivity contribution in [2.45, 2.75) is 52.0 Å². The maximum absolute atomic E-state index is 11.7. The van der Waals surface area contributed by atoms with Crippen LogP contribution in [0.3, 0.4) is 0 Å². The molecule has 1 aliphatic rings. The van der Waals surface area contributed by atoms with Crippen molar-refractivity contribution in [1.82, 2.24) is 10.2 Å². The fourth-order valence-electron chi connectivity index (χ4n) is 1.90. The van der Waals surface area contributed by atoms with E-state index in [-0.39, 0.29) is 6.03 Å². The summed E-state index contributed by atoms with van der Waals surface area (Å²) in [6, 6.07) is 0.445. The first-order valence-corrected chi connectivity index (χ1v) is 5.79. The molecule has 0 bridgehead atoms. The van der Waals surface area contributed by atoms with E-state index in [0.29, 0.717) is 6.04 Å². The summed E-state index contributed by atoms with van der Waals surface area (Å²) in [4.78, 5) is 13.6. The van der Waals surface area contributed by atoms with Gasteiger partial charge in [0, 0.05) is 19.1 Å². The molecule has 1 saturated heterocycles. The lowest BCUT2D eigenvalue weighted by Crippen LogP contribution is -2.45. The van der Waals surface area contributed by atoms with E-state index in [0.717, 1.165) is 38.8 Å². The summed E-state index contributed by atoms with van der Waals surface area (Å²) in [5.41, 5.74) is 0. The lowest BCUT2D eigenvalue weighted by Gasteiger charge is -2.28. The number of piperidine rings is 1. The predicted octanol–water partition coefficient (Wildman–Crippen LogP) is 2.37. The minimum absolute atomic E-state index is 0.130. The van der Waals surface area contributed by atoms with Crippen LogP contribution in [-0.2, 0) is 0 Å².